The second-order valence-electron chi connectivity index (χ2n) is 13.5. The number of aromatic hydroxyl groups is 1. The summed E-state index contributed by atoms with van der Waals surface area (Å²) in [5.74, 6) is -11.4. The Morgan fingerprint density at radius 1 is 1.18 bits per heavy atom. The van der Waals surface area contributed by atoms with E-state index in [4.69, 9.17) is 5.73 Å². The monoisotopic (exact) mass is 555 g/mol. The van der Waals surface area contributed by atoms with Crippen LogP contribution in [0.2, 0.25) is 0 Å². The molecular weight excluding hydrogens is 514 g/mol. The van der Waals surface area contributed by atoms with Crippen LogP contribution in [-0.2, 0) is 32.1 Å². The van der Waals surface area contributed by atoms with Crippen molar-refractivity contribution in [3.05, 3.63) is 22.8 Å². The Morgan fingerprint density at radius 3 is 2.33 bits per heavy atom. The zero-order valence-corrected chi connectivity index (χ0v) is 24.3. The van der Waals surface area contributed by atoms with Crippen molar-refractivity contribution in [3.8, 4) is 5.75 Å². The van der Waals surface area contributed by atoms with Gasteiger partial charge in [-0.2, -0.15) is 0 Å². The lowest BCUT2D eigenvalue weighted by atomic mass is 9.49. The normalized spacial score (nSPS) is 30.2. The van der Waals surface area contributed by atoms with Gasteiger partial charge < -0.3 is 26.2 Å². The molecule has 40 heavy (non-hydrogen) atoms. The summed E-state index contributed by atoms with van der Waals surface area (Å²) in [6, 6.07) is 1.83. The molecule has 10 nitrogen and oxygen atoms in total. The highest BCUT2D eigenvalue weighted by molar-refractivity contribution is 6.32. The number of fused-ring (bicyclic) bond motifs is 3. The molecule has 1 amide bonds. The highest BCUT2D eigenvalue weighted by atomic mass is 16.3. The molecule has 4 rings (SSSR count). The minimum absolute atomic E-state index is 0.0116. The van der Waals surface area contributed by atoms with E-state index in [9.17, 15) is 34.2 Å². The van der Waals surface area contributed by atoms with Crippen molar-refractivity contribution in [2.45, 2.75) is 59.6 Å². The maximum atomic E-state index is 14.1. The Kier molecular flexibility index (Phi) is 7.51. The summed E-state index contributed by atoms with van der Waals surface area (Å²) < 4.78 is 0. The molecule has 10 heteroatoms. The highest BCUT2D eigenvalue weighted by Gasteiger charge is 2.69. The number of amides is 1. The molecule has 0 spiro atoms. The zero-order valence-electron chi connectivity index (χ0n) is 24.3. The van der Waals surface area contributed by atoms with Gasteiger partial charge in [0, 0.05) is 50.3 Å². The molecule has 3 aliphatic rings. The minimum Gasteiger partial charge on any atom is -0.507 e. The molecule has 5 N–H and O–H groups in total. The standard InChI is InChI=1S/C30H41N3O7/c1-13(2)19-17-9-14-8-16-18(33(6)7)10-15(11-32-12-29(3,4)5)23(34)21(16)25(36)20(14)26(37)30(17,40)27(38)22(24(19)35)28(31)39/h10,13-14,17,19-20,22,32,34,40H,8-9,11-12H2,1-7H3,(H2,31,39)/t14-,17-,19-,20?,22?,30-/m0/s1. The number of primary amides is 1. The number of nitrogens with one attached hydrogen (secondary N) is 1. The molecule has 0 radical (unpaired) electrons. The molecule has 2 saturated carbocycles. The predicted octanol–water partition coefficient (Wildman–Crippen LogP) is 1.41. The highest BCUT2D eigenvalue weighted by Crippen LogP contribution is 2.54. The van der Waals surface area contributed by atoms with Crippen LogP contribution in [0.4, 0.5) is 5.69 Å². The van der Waals surface area contributed by atoms with E-state index in [-0.39, 0.29) is 42.0 Å². The van der Waals surface area contributed by atoms with E-state index in [1.54, 1.807) is 13.8 Å². The van der Waals surface area contributed by atoms with Gasteiger partial charge in [-0.05, 0) is 41.7 Å². The molecule has 1 aromatic rings. The number of rotatable bonds is 6. The number of Topliss-reactive ketones (excluding diaryl/α,β-unsaturated/α-hetero) is 4. The van der Waals surface area contributed by atoms with Crippen molar-refractivity contribution < 1.29 is 34.2 Å². The molecule has 0 saturated heterocycles. The average Bonchev–Trinajstić information content (AvgIpc) is 2.81. The van der Waals surface area contributed by atoms with Crippen molar-refractivity contribution in [1.29, 1.82) is 0 Å². The number of anilines is 1. The van der Waals surface area contributed by atoms with Crippen LogP contribution in [0.1, 0.15) is 62.5 Å². The molecule has 0 aliphatic heterocycles. The summed E-state index contributed by atoms with van der Waals surface area (Å²) >= 11 is 0. The van der Waals surface area contributed by atoms with E-state index in [1.165, 1.54) is 0 Å². The number of ketones is 4. The van der Waals surface area contributed by atoms with Crippen molar-refractivity contribution in [2.24, 2.45) is 46.7 Å². The van der Waals surface area contributed by atoms with Crippen molar-refractivity contribution in [2.75, 3.05) is 25.5 Å². The van der Waals surface area contributed by atoms with Crippen LogP contribution in [-0.4, -0.2) is 65.5 Å². The fourth-order valence-corrected chi connectivity index (χ4v) is 7.06. The quantitative estimate of drug-likeness (QED) is 0.380. The van der Waals surface area contributed by atoms with Gasteiger partial charge in [-0.15, -0.1) is 0 Å². The van der Waals surface area contributed by atoms with Crippen molar-refractivity contribution >= 4 is 34.7 Å². The topological polar surface area (TPSA) is 167 Å². The van der Waals surface area contributed by atoms with Gasteiger partial charge in [0.2, 0.25) is 5.91 Å². The number of hydrogen-bond donors (Lipinski definition) is 4. The van der Waals surface area contributed by atoms with Gasteiger partial charge in [-0.1, -0.05) is 34.6 Å². The third-order valence-electron chi connectivity index (χ3n) is 8.82. The van der Waals surface area contributed by atoms with E-state index < -0.39 is 64.2 Å². The van der Waals surface area contributed by atoms with Crippen LogP contribution in [0, 0.1) is 40.9 Å². The first-order valence-corrected chi connectivity index (χ1v) is 13.9. The van der Waals surface area contributed by atoms with E-state index in [0.29, 0.717) is 17.7 Å². The number of nitrogens with zero attached hydrogens (tertiary/aromatic N) is 1. The van der Waals surface area contributed by atoms with E-state index in [2.05, 4.69) is 26.1 Å². The van der Waals surface area contributed by atoms with Crippen molar-refractivity contribution in [1.82, 2.24) is 5.32 Å². The molecule has 218 valence electrons. The summed E-state index contributed by atoms with van der Waals surface area (Å²) in [6.07, 6.45) is 0.305. The van der Waals surface area contributed by atoms with Crippen LogP contribution in [0.5, 0.6) is 5.75 Å². The minimum atomic E-state index is -2.69. The van der Waals surface area contributed by atoms with Crippen LogP contribution >= 0.6 is 0 Å². The molecule has 3 aliphatic carbocycles. The number of carbonyl (C=O) groups excluding carboxylic acids is 5. The van der Waals surface area contributed by atoms with E-state index >= 15 is 0 Å². The van der Waals surface area contributed by atoms with Crippen LogP contribution < -0.4 is 16.0 Å². The van der Waals surface area contributed by atoms with Crippen LogP contribution in [0.3, 0.4) is 0 Å². The Morgan fingerprint density at radius 2 is 1.80 bits per heavy atom. The third kappa shape index (κ3) is 4.55. The fraction of sp³-hybridized carbons (Fsp3) is 0.633. The Bertz CT molecular complexity index is 1290. The van der Waals surface area contributed by atoms with Crippen molar-refractivity contribution in [3.63, 3.8) is 0 Å². The number of benzene rings is 1. The Balaban J connectivity index is 1.83. The molecule has 0 aromatic heterocycles. The summed E-state index contributed by atoms with van der Waals surface area (Å²) in [5, 5.41) is 26.4. The molecule has 2 fully saturated rings. The third-order valence-corrected chi connectivity index (χ3v) is 8.82. The molecular formula is C30H41N3O7. The first kappa shape index (κ1) is 29.9. The number of hydrogen-bond acceptors (Lipinski definition) is 9. The number of phenols is 1. The van der Waals surface area contributed by atoms with Crippen LogP contribution in [0.15, 0.2) is 6.07 Å². The van der Waals surface area contributed by atoms with E-state index in [1.807, 2.05) is 25.1 Å². The van der Waals surface area contributed by atoms with Crippen LogP contribution in [0.25, 0.3) is 0 Å². The van der Waals surface area contributed by atoms with Gasteiger partial charge in [0.05, 0.1) is 11.5 Å². The second-order valence-corrected chi connectivity index (χ2v) is 13.5. The Hall–Kier alpha value is -3.11. The average molecular weight is 556 g/mol. The first-order chi connectivity index (χ1) is 18.4. The Labute approximate surface area is 234 Å². The maximum Gasteiger partial charge on any atom is 0.235 e. The lowest BCUT2D eigenvalue weighted by Crippen LogP contribution is -2.71. The lowest BCUT2D eigenvalue weighted by Gasteiger charge is -2.52. The van der Waals surface area contributed by atoms with Gasteiger partial charge >= 0.3 is 0 Å². The number of carbonyl (C=O) groups is 5. The molecule has 1 aromatic carbocycles. The predicted molar refractivity (Wildman–Crippen MR) is 148 cm³/mol. The van der Waals surface area contributed by atoms with Gasteiger partial charge in [-0.25, -0.2) is 0 Å². The number of aliphatic hydroxyl groups is 1. The lowest BCUT2D eigenvalue weighted by molar-refractivity contribution is -0.182. The van der Waals surface area contributed by atoms with Gasteiger partial charge in [0.1, 0.15) is 5.75 Å². The SMILES string of the molecule is CC(C)[C@@H]1C(=O)C(C(N)=O)C(=O)[C@@]2(O)C(=O)C3C(=O)c4c(O)c(CNCC(C)(C)C)cc(N(C)C)c4C[C@H]3C[C@@H]12. The second kappa shape index (κ2) is 10.1. The zero-order chi connectivity index (χ0) is 30.1. The number of nitrogens with two attached hydrogens (primary N) is 1. The largest absolute Gasteiger partial charge is 0.507 e. The summed E-state index contributed by atoms with van der Waals surface area (Å²) in [4.78, 5) is 68.8. The molecule has 0 bridgehead atoms. The summed E-state index contributed by atoms with van der Waals surface area (Å²) in [5.41, 5.74) is 4.52. The number of phenolic OH excluding ortho intramolecular Hbond substituents is 1. The summed E-state index contributed by atoms with van der Waals surface area (Å²) in [7, 11) is 3.66. The van der Waals surface area contributed by atoms with Gasteiger partial charge in [0.25, 0.3) is 0 Å². The smallest absolute Gasteiger partial charge is 0.235 e. The fourth-order valence-electron chi connectivity index (χ4n) is 7.06. The van der Waals surface area contributed by atoms with Gasteiger partial charge in [-0.3, -0.25) is 24.0 Å². The van der Waals surface area contributed by atoms with E-state index in [0.717, 1.165) is 5.69 Å². The van der Waals surface area contributed by atoms with Gasteiger partial charge in [0.15, 0.2) is 34.7 Å². The first-order valence-electron chi connectivity index (χ1n) is 13.9. The molecule has 6 atom stereocenters. The maximum absolute atomic E-state index is 14.1. The molecule has 0 heterocycles. The summed E-state index contributed by atoms with van der Waals surface area (Å²) in [6.45, 7) is 10.6. The molecule has 2 unspecified atom stereocenters.